The molecule has 6 nitrogen and oxygen atoms in total. The first-order chi connectivity index (χ1) is 11.2. The Morgan fingerprint density at radius 1 is 1.09 bits per heavy atom. The molecule has 0 bridgehead atoms. The highest BCUT2D eigenvalue weighted by molar-refractivity contribution is 7.11. The summed E-state index contributed by atoms with van der Waals surface area (Å²) in [4.78, 5) is 23.3. The minimum Gasteiger partial charge on any atom is -0.286 e. The van der Waals surface area contributed by atoms with Crippen LogP contribution in [0.1, 0.15) is 20.9 Å². The number of hydrogen-bond donors (Lipinski definition) is 0. The minimum absolute atomic E-state index is 0.219. The van der Waals surface area contributed by atoms with Crippen molar-refractivity contribution < 1.29 is 4.79 Å². The normalized spacial score (nSPS) is 11.4. The first kappa shape index (κ1) is 15.0. The van der Waals surface area contributed by atoms with E-state index < -0.39 is 0 Å². The number of nitroso groups, excluding NO2 is 1. The summed E-state index contributed by atoms with van der Waals surface area (Å²) in [5.41, 5.74) is 2.33. The lowest BCUT2D eigenvalue weighted by molar-refractivity contribution is 0.103. The van der Waals surface area contributed by atoms with E-state index in [-0.39, 0.29) is 15.6 Å². The van der Waals surface area contributed by atoms with Crippen molar-refractivity contribution in [1.29, 1.82) is 0 Å². The van der Waals surface area contributed by atoms with Gasteiger partial charge in [-0.15, -0.1) is 4.91 Å². The fourth-order valence-corrected chi connectivity index (χ4v) is 2.85. The second kappa shape index (κ2) is 6.45. The van der Waals surface area contributed by atoms with Crippen LogP contribution in [0.5, 0.6) is 0 Å². The Labute approximate surface area is 135 Å². The predicted octanol–water partition coefficient (Wildman–Crippen LogP) is 3.06. The molecule has 23 heavy (non-hydrogen) atoms. The van der Waals surface area contributed by atoms with Crippen LogP contribution in [0.25, 0.3) is 5.69 Å². The first-order valence-corrected chi connectivity index (χ1v) is 7.64. The van der Waals surface area contributed by atoms with Crippen LogP contribution in [-0.2, 0) is 0 Å². The zero-order chi connectivity index (χ0) is 16.2. The summed E-state index contributed by atoms with van der Waals surface area (Å²) in [6.45, 7) is 1.97. The fourth-order valence-electron chi connectivity index (χ4n) is 2.04. The highest BCUT2D eigenvalue weighted by Crippen LogP contribution is 2.13. The summed E-state index contributed by atoms with van der Waals surface area (Å²) in [5, 5.41) is 10.7. The second-order valence-corrected chi connectivity index (χ2v) is 5.77. The van der Waals surface area contributed by atoms with E-state index in [4.69, 9.17) is 0 Å². The molecule has 0 radical (unpaired) electrons. The molecule has 3 aromatic rings. The van der Waals surface area contributed by atoms with E-state index in [2.05, 4.69) is 15.5 Å². The minimum atomic E-state index is -0.219. The quantitative estimate of drug-likeness (QED) is 0.420. The number of carbonyl (C=O) groups excluding carboxylic acids is 1. The second-order valence-electron chi connectivity index (χ2n) is 4.81. The highest BCUT2D eigenvalue weighted by Gasteiger charge is 2.16. The zero-order valence-electron chi connectivity index (χ0n) is 12.2. The van der Waals surface area contributed by atoms with Gasteiger partial charge in [-0.2, -0.15) is 5.10 Å². The summed E-state index contributed by atoms with van der Waals surface area (Å²) >= 11 is 1.03. The molecule has 7 heteroatoms. The lowest BCUT2D eigenvalue weighted by Gasteiger charge is -2.00. The molecular weight excluding hydrogens is 312 g/mol. The molecule has 0 unspecified atom stereocenters. The summed E-state index contributed by atoms with van der Waals surface area (Å²) < 4.78 is 1.45. The molecule has 0 N–H and O–H groups in total. The zero-order valence-corrected chi connectivity index (χ0v) is 13.0. The van der Waals surface area contributed by atoms with Crippen molar-refractivity contribution >= 4 is 17.1 Å². The molecule has 1 heterocycles. The highest BCUT2D eigenvalue weighted by atomic mass is 32.1. The van der Waals surface area contributed by atoms with Crippen molar-refractivity contribution in [3.63, 3.8) is 0 Å². The Kier molecular flexibility index (Phi) is 4.20. The molecule has 0 spiro atoms. The fraction of sp³-hybridized carbons (Fsp3) is 0.0625. The molecule has 0 saturated heterocycles. The summed E-state index contributed by atoms with van der Waals surface area (Å²) in [5.74, 6) is -0.219. The summed E-state index contributed by atoms with van der Waals surface area (Å²) in [7, 11) is 0. The van der Waals surface area contributed by atoms with Gasteiger partial charge in [-0.25, -0.2) is 4.68 Å². The average molecular weight is 324 g/mol. The number of nitrogens with zero attached hydrogens (tertiary/aromatic N) is 4. The smallest absolute Gasteiger partial charge is 0.237 e. The van der Waals surface area contributed by atoms with E-state index >= 15 is 0 Å². The maximum absolute atomic E-state index is 12.5. The third kappa shape index (κ3) is 3.14. The molecule has 0 atom stereocenters. The third-order valence-corrected chi connectivity index (χ3v) is 4.09. The van der Waals surface area contributed by atoms with Gasteiger partial charge in [0.25, 0.3) is 0 Å². The van der Waals surface area contributed by atoms with Crippen molar-refractivity contribution in [3.8, 4) is 5.69 Å². The van der Waals surface area contributed by atoms with Gasteiger partial charge in [0.15, 0.2) is 5.01 Å². The predicted molar refractivity (Wildman–Crippen MR) is 87.4 cm³/mol. The van der Waals surface area contributed by atoms with E-state index in [1.165, 1.54) is 4.68 Å². The van der Waals surface area contributed by atoms with Crippen LogP contribution in [0.2, 0.25) is 0 Å². The Morgan fingerprint density at radius 2 is 1.78 bits per heavy atom. The maximum atomic E-state index is 12.5. The molecule has 0 saturated carbocycles. The molecule has 0 aliphatic carbocycles. The number of hydrogen-bond acceptors (Lipinski definition) is 5. The van der Waals surface area contributed by atoms with Crippen molar-refractivity contribution in [2.75, 3.05) is 0 Å². The Hall–Kier alpha value is -2.93. The number of rotatable bonds is 4. The van der Waals surface area contributed by atoms with Gasteiger partial charge >= 0.3 is 0 Å². The van der Waals surface area contributed by atoms with Crippen LogP contribution < -0.4 is 4.80 Å². The molecule has 0 aliphatic rings. The van der Waals surface area contributed by atoms with Gasteiger partial charge in [0.1, 0.15) is 0 Å². The first-order valence-electron chi connectivity index (χ1n) is 6.82. The van der Waals surface area contributed by atoms with Gasteiger partial charge in [-0.3, -0.25) is 4.79 Å². The molecule has 1 aromatic heterocycles. The molecule has 0 fully saturated rings. The molecule has 0 amide bonds. The lowest BCUT2D eigenvalue weighted by Crippen LogP contribution is -2.14. The number of aryl methyl sites for hydroxylation is 1. The standard InChI is InChI=1S/C16H12N4O2S/c1-11-7-9-13(10-8-11)20-16(17-19-22)23-15(18-20)14(21)12-5-3-2-4-6-12/h2-10H,1H3/b17-16-. The van der Waals surface area contributed by atoms with E-state index in [0.717, 1.165) is 16.9 Å². The van der Waals surface area contributed by atoms with Gasteiger partial charge in [0.2, 0.25) is 10.6 Å². The molecule has 3 rings (SSSR count). The van der Waals surface area contributed by atoms with Crippen molar-refractivity contribution in [3.05, 3.63) is 80.4 Å². The maximum Gasteiger partial charge on any atom is 0.237 e. The SMILES string of the molecule is Cc1ccc(-n2nc(C(=O)c3ccccc3)s/c2=N\N=O)cc1. The summed E-state index contributed by atoms with van der Waals surface area (Å²) in [6.07, 6.45) is 0. The van der Waals surface area contributed by atoms with Crippen LogP contribution in [-0.4, -0.2) is 15.6 Å². The third-order valence-electron chi connectivity index (χ3n) is 3.20. The van der Waals surface area contributed by atoms with E-state index in [1.807, 2.05) is 37.3 Å². The lowest BCUT2D eigenvalue weighted by atomic mass is 10.1. The largest absolute Gasteiger partial charge is 0.286 e. The Morgan fingerprint density at radius 3 is 2.43 bits per heavy atom. The molecule has 2 aromatic carbocycles. The van der Waals surface area contributed by atoms with Gasteiger partial charge in [0.05, 0.1) is 11.0 Å². The van der Waals surface area contributed by atoms with Gasteiger partial charge in [0, 0.05) is 5.56 Å². The molecular formula is C16H12N4O2S. The van der Waals surface area contributed by atoms with Gasteiger partial charge in [-0.1, -0.05) is 64.5 Å². The van der Waals surface area contributed by atoms with Crippen molar-refractivity contribution in [1.82, 2.24) is 9.78 Å². The van der Waals surface area contributed by atoms with E-state index in [9.17, 15) is 9.70 Å². The average Bonchev–Trinajstić information content (AvgIpc) is 3.00. The van der Waals surface area contributed by atoms with Crippen LogP contribution >= 0.6 is 11.3 Å². The Bertz CT molecular complexity index is 911. The van der Waals surface area contributed by atoms with Crippen LogP contribution in [0.15, 0.2) is 65.0 Å². The van der Waals surface area contributed by atoms with Crippen LogP contribution in [0.3, 0.4) is 0 Å². The Balaban J connectivity index is 2.09. The molecule has 114 valence electrons. The number of carbonyl (C=O) groups is 1. The monoisotopic (exact) mass is 324 g/mol. The van der Waals surface area contributed by atoms with Gasteiger partial charge in [-0.05, 0) is 19.1 Å². The number of benzene rings is 2. The van der Waals surface area contributed by atoms with Crippen LogP contribution in [0.4, 0.5) is 0 Å². The number of aromatic nitrogens is 2. The van der Waals surface area contributed by atoms with Crippen LogP contribution in [0, 0.1) is 11.8 Å². The van der Waals surface area contributed by atoms with E-state index in [1.54, 1.807) is 24.3 Å². The topological polar surface area (TPSA) is 76.7 Å². The summed E-state index contributed by atoms with van der Waals surface area (Å²) in [6, 6.07) is 16.4. The van der Waals surface area contributed by atoms with Crippen molar-refractivity contribution in [2.24, 2.45) is 10.4 Å². The van der Waals surface area contributed by atoms with E-state index in [0.29, 0.717) is 11.3 Å². The number of ketones is 1. The van der Waals surface area contributed by atoms with Gasteiger partial charge < -0.3 is 0 Å². The molecule has 0 aliphatic heterocycles. The van der Waals surface area contributed by atoms with Crippen molar-refractivity contribution in [2.45, 2.75) is 6.92 Å².